The van der Waals surface area contributed by atoms with Crippen LogP contribution in [0.4, 0.5) is 11.4 Å². The molecular formula is C28H32N2O3S. The third-order valence-electron chi connectivity index (χ3n) is 6.04. The number of anilines is 2. The molecule has 0 radical (unpaired) electrons. The highest BCUT2D eigenvalue weighted by Gasteiger charge is 2.28. The second-order valence-corrected chi connectivity index (χ2v) is 10.7. The summed E-state index contributed by atoms with van der Waals surface area (Å²) in [5.74, 6) is 0.0999. The molecule has 0 aliphatic carbocycles. The molecule has 6 heteroatoms. The van der Waals surface area contributed by atoms with Crippen LogP contribution in [0.2, 0.25) is 0 Å². The predicted octanol–water partition coefficient (Wildman–Crippen LogP) is 6.09. The molecular weight excluding hydrogens is 444 g/mol. The maximum Gasteiger partial charge on any atom is 0.319 e. The highest BCUT2D eigenvalue weighted by atomic mass is 32.2. The number of aliphatic carboxylic acids is 1. The Bertz CT molecular complexity index is 1100. The van der Waals surface area contributed by atoms with Crippen molar-refractivity contribution < 1.29 is 14.6 Å². The first kappa shape index (κ1) is 24.0. The fourth-order valence-electron chi connectivity index (χ4n) is 4.14. The first-order valence-electron chi connectivity index (χ1n) is 11.7. The van der Waals surface area contributed by atoms with Gasteiger partial charge in [-0.15, -0.1) is 11.8 Å². The number of para-hydroxylation sites is 1. The fraction of sp³-hybridized carbons (Fsp3) is 0.321. The monoisotopic (exact) mass is 476 g/mol. The molecule has 4 rings (SSSR count). The van der Waals surface area contributed by atoms with Gasteiger partial charge in [-0.2, -0.15) is 0 Å². The van der Waals surface area contributed by atoms with Crippen LogP contribution in [0.15, 0.2) is 77.7 Å². The highest BCUT2D eigenvalue weighted by molar-refractivity contribution is 8.01. The van der Waals surface area contributed by atoms with Crippen molar-refractivity contribution in [2.24, 2.45) is 0 Å². The summed E-state index contributed by atoms with van der Waals surface area (Å²) in [4.78, 5) is 14.8. The van der Waals surface area contributed by atoms with E-state index in [1.54, 1.807) is 13.8 Å². The van der Waals surface area contributed by atoms with Crippen molar-refractivity contribution in [3.8, 4) is 5.75 Å². The van der Waals surface area contributed by atoms with E-state index in [2.05, 4.69) is 28.4 Å². The number of fused-ring (bicyclic) bond motifs is 1. The number of nitrogens with one attached hydrogen (secondary N) is 1. The Morgan fingerprint density at radius 1 is 1.06 bits per heavy atom. The van der Waals surface area contributed by atoms with Crippen molar-refractivity contribution in [1.82, 2.24) is 0 Å². The molecule has 0 bridgehead atoms. The minimum Gasteiger partial charge on any atom is -0.492 e. The zero-order valence-electron chi connectivity index (χ0n) is 19.8. The number of carboxylic acids is 1. The lowest BCUT2D eigenvalue weighted by molar-refractivity contribution is -0.138. The first-order chi connectivity index (χ1) is 16.4. The lowest BCUT2D eigenvalue weighted by Crippen LogP contribution is -2.33. The van der Waals surface area contributed by atoms with Crippen molar-refractivity contribution in [3.63, 3.8) is 0 Å². The number of thioether (sulfide) groups is 1. The molecule has 178 valence electrons. The van der Waals surface area contributed by atoms with Crippen LogP contribution in [-0.2, 0) is 17.8 Å². The molecule has 1 aliphatic heterocycles. The van der Waals surface area contributed by atoms with Gasteiger partial charge in [-0.3, -0.25) is 4.79 Å². The van der Waals surface area contributed by atoms with Gasteiger partial charge < -0.3 is 20.1 Å². The number of carboxylic acid groups (broad SMARTS) is 1. The third kappa shape index (κ3) is 6.06. The van der Waals surface area contributed by atoms with Gasteiger partial charge in [0.2, 0.25) is 0 Å². The Morgan fingerprint density at radius 2 is 1.82 bits per heavy atom. The van der Waals surface area contributed by atoms with Crippen molar-refractivity contribution in [2.45, 2.75) is 42.9 Å². The predicted molar refractivity (Wildman–Crippen MR) is 140 cm³/mol. The van der Waals surface area contributed by atoms with Crippen LogP contribution in [0.25, 0.3) is 0 Å². The highest BCUT2D eigenvalue weighted by Crippen LogP contribution is 2.34. The van der Waals surface area contributed by atoms with Crippen LogP contribution in [0, 0.1) is 0 Å². The largest absolute Gasteiger partial charge is 0.492 e. The number of rotatable bonds is 10. The van der Waals surface area contributed by atoms with Crippen molar-refractivity contribution >= 4 is 29.1 Å². The van der Waals surface area contributed by atoms with E-state index >= 15 is 0 Å². The van der Waals surface area contributed by atoms with Crippen LogP contribution in [0.3, 0.4) is 0 Å². The molecule has 1 heterocycles. The molecule has 0 saturated carbocycles. The third-order valence-corrected chi connectivity index (χ3v) is 7.24. The standard InChI is InChI=1S/C28H32N2O3S/c1-28(2,27(31)32)34-24-15-13-22(14-16-24)29-20-21-8-6-12-26-25(21)11-7-17-30(26)18-19-33-23-9-4-3-5-10-23/h3-6,8-10,12-16,29H,7,11,17-20H2,1-2H3,(H,31,32). The van der Waals surface area contributed by atoms with Crippen LogP contribution < -0.4 is 15.0 Å². The van der Waals surface area contributed by atoms with E-state index in [4.69, 9.17) is 4.74 Å². The van der Waals surface area contributed by atoms with Gasteiger partial charge >= 0.3 is 5.97 Å². The van der Waals surface area contributed by atoms with E-state index in [0.29, 0.717) is 6.61 Å². The van der Waals surface area contributed by atoms with Gasteiger partial charge in [-0.1, -0.05) is 30.3 Å². The molecule has 3 aromatic rings. The summed E-state index contributed by atoms with van der Waals surface area (Å²) in [5, 5.41) is 12.9. The van der Waals surface area contributed by atoms with E-state index in [1.165, 1.54) is 28.6 Å². The number of nitrogens with zero attached hydrogens (tertiary/aromatic N) is 1. The Morgan fingerprint density at radius 3 is 2.56 bits per heavy atom. The number of ether oxygens (including phenoxy) is 1. The molecule has 0 atom stereocenters. The number of hydrogen-bond donors (Lipinski definition) is 2. The maximum atomic E-state index is 11.4. The topological polar surface area (TPSA) is 61.8 Å². The lowest BCUT2D eigenvalue weighted by atomic mass is 9.96. The maximum absolute atomic E-state index is 11.4. The zero-order valence-corrected chi connectivity index (χ0v) is 20.6. The average molecular weight is 477 g/mol. The Balaban J connectivity index is 1.36. The van der Waals surface area contributed by atoms with Crippen LogP contribution in [0.1, 0.15) is 31.4 Å². The molecule has 0 fully saturated rings. The smallest absolute Gasteiger partial charge is 0.319 e. The van der Waals surface area contributed by atoms with Gasteiger partial charge in [0.05, 0.1) is 6.54 Å². The summed E-state index contributed by atoms with van der Waals surface area (Å²) in [7, 11) is 0. The Labute approximate surface area is 206 Å². The number of benzene rings is 3. The van der Waals surface area contributed by atoms with Crippen molar-refractivity contribution in [3.05, 3.63) is 83.9 Å². The van der Waals surface area contributed by atoms with Gasteiger partial charge in [0.25, 0.3) is 0 Å². The van der Waals surface area contributed by atoms with Gasteiger partial charge in [0.15, 0.2) is 0 Å². The second kappa shape index (κ2) is 10.9. The summed E-state index contributed by atoms with van der Waals surface area (Å²) < 4.78 is 5.07. The molecule has 0 aromatic heterocycles. The lowest BCUT2D eigenvalue weighted by Gasteiger charge is -2.32. The van der Waals surface area contributed by atoms with Gasteiger partial charge in [0.1, 0.15) is 17.1 Å². The number of hydrogen-bond acceptors (Lipinski definition) is 5. The number of carbonyl (C=O) groups is 1. The quantitative estimate of drug-likeness (QED) is 0.346. The summed E-state index contributed by atoms with van der Waals surface area (Å²) in [5.41, 5.74) is 5.07. The van der Waals surface area contributed by atoms with Gasteiger partial charge in [0, 0.05) is 29.4 Å². The minimum atomic E-state index is -0.851. The minimum absolute atomic E-state index is 0.662. The van der Waals surface area contributed by atoms with Gasteiger partial charge in [-0.05, 0) is 80.3 Å². The van der Waals surface area contributed by atoms with Gasteiger partial charge in [-0.25, -0.2) is 0 Å². The SMILES string of the molecule is CC(C)(Sc1ccc(NCc2cccc3c2CCCN3CCOc2ccccc2)cc1)C(=O)O. The Kier molecular flexibility index (Phi) is 7.68. The van der Waals surface area contributed by atoms with Crippen LogP contribution in [-0.4, -0.2) is 35.5 Å². The zero-order chi connectivity index (χ0) is 24.0. The van der Waals surface area contributed by atoms with E-state index in [0.717, 1.165) is 48.8 Å². The molecule has 0 spiro atoms. The van der Waals surface area contributed by atoms with E-state index < -0.39 is 10.7 Å². The molecule has 1 aliphatic rings. The van der Waals surface area contributed by atoms with E-state index in [1.807, 2.05) is 54.6 Å². The van der Waals surface area contributed by atoms with Crippen molar-refractivity contribution in [2.75, 3.05) is 29.9 Å². The molecule has 0 unspecified atom stereocenters. The summed E-state index contributed by atoms with van der Waals surface area (Å²) in [6, 6.07) is 24.5. The summed E-state index contributed by atoms with van der Waals surface area (Å²) in [6.07, 6.45) is 2.23. The molecule has 0 saturated heterocycles. The second-order valence-electron chi connectivity index (χ2n) is 8.96. The van der Waals surface area contributed by atoms with Crippen LogP contribution in [0.5, 0.6) is 5.75 Å². The summed E-state index contributed by atoms with van der Waals surface area (Å²) >= 11 is 1.36. The summed E-state index contributed by atoms with van der Waals surface area (Å²) in [6.45, 7) is 6.78. The molecule has 2 N–H and O–H groups in total. The molecule has 5 nitrogen and oxygen atoms in total. The van der Waals surface area contributed by atoms with Crippen molar-refractivity contribution in [1.29, 1.82) is 0 Å². The Hall–Kier alpha value is -3.12. The fourth-order valence-corrected chi connectivity index (χ4v) is 5.09. The van der Waals surface area contributed by atoms with E-state index in [-0.39, 0.29) is 0 Å². The molecule has 34 heavy (non-hydrogen) atoms. The average Bonchev–Trinajstić information content (AvgIpc) is 2.84. The molecule has 3 aromatic carbocycles. The normalized spacial score (nSPS) is 13.3. The van der Waals surface area contributed by atoms with Crippen LogP contribution >= 0.6 is 11.8 Å². The molecule has 0 amide bonds. The van der Waals surface area contributed by atoms with E-state index in [9.17, 15) is 9.90 Å². The first-order valence-corrected chi connectivity index (χ1v) is 12.5.